The van der Waals surface area contributed by atoms with E-state index in [4.69, 9.17) is 0 Å². The van der Waals surface area contributed by atoms with Crippen LogP contribution in [0.15, 0.2) is 42.5 Å². The van der Waals surface area contributed by atoms with Crippen LogP contribution in [-0.2, 0) is 12.0 Å². The molecule has 0 aliphatic heterocycles. The van der Waals surface area contributed by atoms with E-state index < -0.39 is 17.2 Å². The molecule has 0 aromatic heterocycles. The summed E-state index contributed by atoms with van der Waals surface area (Å²) in [6.45, 7) is 5.71. The second kappa shape index (κ2) is 5.94. The minimum Gasteiger partial charge on any atom is -0.385 e. The summed E-state index contributed by atoms with van der Waals surface area (Å²) >= 11 is 0. The van der Waals surface area contributed by atoms with Crippen LogP contribution in [0.4, 0.5) is 8.78 Å². The van der Waals surface area contributed by atoms with Gasteiger partial charge in [0.1, 0.15) is 0 Å². The molecule has 0 saturated carbocycles. The third-order valence-electron chi connectivity index (χ3n) is 3.73. The van der Waals surface area contributed by atoms with Crippen LogP contribution in [0.25, 0.3) is 0 Å². The molecule has 1 unspecified atom stereocenters. The maximum atomic E-state index is 13.8. The largest absolute Gasteiger partial charge is 0.385 e. The minimum atomic E-state index is -1.45. The van der Waals surface area contributed by atoms with Crippen LogP contribution in [0.5, 0.6) is 0 Å². The van der Waals surface area contributed by atoms with Gasteiger partial charge in [-0.1, -0.05) is 50.2 Å². The summed E-state index contributed by atoms with van der Waals surface area (Å²) in [6.07, 6.45) is 0.228. The Hall–Kier alpha value is -1.74. The van der Waals surface area contributed by atoms with Gasteiger partial charge < -0.3 is 5.11 Å². The molecular formula is C18H20F2O. The molecule has 0 fully saturated rings. The van der Waals surface area contributed by atoms with Crippen LogP contribution in [0.3, 0.4) is 0 Å². The average Bonchev–Trinajstić information content (AvgIpc) is 2.41. The molecule has 2 aromatic rings. The topological polar surface area (TPSA) is 20.2 Å². The molecule has 0 aliphatic rings. The zero-order valence-electron chi connectivity index (χ0n) is 12.5. The van der Waals surface area contributed by atoms with Gasteiger partial charge in [0, 0.05) is 12.0 Å². The van der Waals surface area contributed by atoms with Crippen LogP contribution < -0.4 is 0 Å². The fourth-order valence-electron chi connectivity index (χ4n) is 2.43. The van der Waals surface area contributed by atoms with Gasteiger partial charge in [-0.3, -0.25) is 0 Å². The third-order valence-corrected chi connectivity index (χ3v) is 3.73. The Balaban J connectivity index is 2.26. The number of aliphatic hydroxyl groups is 1. The minimum absolute atomic E-state index is 0.0181. The zero-order valence-corrected chi connectivity index (χ0v) is 12.5. The summed E-state index contributed by atoms with van der Waals surface area (Å²) in [5.74, 6) is -1.50. The van der Waals surface area contributed by atoms with Crippen LogP contribution in [0.2, 0.25) is 0 Å². The molecule has 0 heterocycles. The molecule has 1 atom stereocenters. The van der Waals surface area contributed by atoms with E-state index in [1.165, 1.54) is 24.6 Å². The number of halogens is 2. The monoisotopic (exact) mass is 290 g/mol. The summed E-state index contributed by atoms with van der Waals surface area (Å²) < 4.78 is 27.1. The van der Waals surface area contributed by atoms with Gasteiger partial charge in [-0.05, 0) is 30.0 Å². The molecule has 3 heteroatoms. The highest BCUT2D eigenvalue weighted by Crippen LogP contribution is 2.29. The Morgan fingerprint density at radius 2 is 1.67 bits per heavy atom. The van der Waals surface area contributed by atoms with E-state index in [0.717, 1.165) is 11.6 Å². The molecule has 0 amide bonds. The molecule has 112 valence electrons. The van der Waals surface area contributed by atoms with E-state index in [-0.39, 0.29) is 12.0 Å². The molecule has 0 spiro atoms. The van der Waals surface area contributed by atoms with E-state index in [1.54, 1.807) is 0 Å². The first kappa shape index (κ1) is 15.6. The molecule has 0 radical (unpaired) electrons. The Labute approximate surface area is 124 Å². The predicted octanol–water partition coefficient (Wildman–Crippen LogP) is 4.54. The fourth-order valence-corrected chi connectivity index (χ4v) is 2.43. The van der Waals surface area contributed by atoms with Gasteiger partial charge in [0.2, 0.25) is 0 Å². The summed E-state index contributed by atoms with van der Waals surface area (Å²) in [5, 5.41) is 10.5. The Morgan fingerprint density at radius 3 is 2.24 bits per heavy atom. The molecule has 1 N–H and O–H groups in total. The van der Waals surface area contributed by atoms with Crippen molar-refractivity contribution in [3.8, 4) is 0 Å². The first-order valence-electron chi connectivity index (χ1n) is 7.07. The van der Waals surface area contributed by atoms with E-state index in [2.05, 4.69) is 13.8 Å². The molecule has 2 rings (SSSR count). The molecule has 21 heavy (non-hydrogen) atoms. The average molecular weight is 290 g/mol. The van der Waals surface area contributed by atoms with Gasteiger partial charge in [0.15, 0.2) is 11.6 Å². The molecule has 0 saturated heterocycles. The predicted molar refractivity (Wildman–Crippen MR) is 80.2 cm³/mol. The zero-order chi connectivity index (χ0) is 15.6. The Bertz CT molecular complexity index is 616. The molecule has 0 bridgehead atoms. The number of rotatable bonds is 4. The highest BCUT2D eigenvalue weighted by molar-refractivity contribution is 5.30. The summed E-state index contributed by atoms with van der Waals surface area (Å²) in [7, 11) is 0. The highest BCUT2D eigenvalue weighted by Gasteiger charge is 2.28. The van der Waals surface area contributed by atoms with Crippen LogP contribution in [0.1, 0.15) is 43.4 Å². The van der Waals surface area contributed by atoms with Crippen molar-refractivity contribution in [2.45, 2.75) is 38.7 Å². The lowest BCUT2D eigenvalue weighted by molar-refractivity contribution is 0.0530. The maximum absolute atomic E-state index is 13.8. The Morgan fingerprint density at radius 1 is 1.05 bits per heavy atom. The van der Waals surface area contributed by atoms with Crippen molar-refractivity contribution < 1.29 is 13.9 Å². The van der Waals surface area contributed by atoms with Crippen molar-refractivity contribution in [2.24, 2.45) is 0 Å². The Kier molecular flexibility index (Phi) is 4.43. The van der Waals surface area contributed by atoms with Crippen molar-refractivity contribution in [3.63, 3.8) is 0 Å². The first-order valence-corrected chi connectivity index (χ1v) is 7.07. The first-order chi connectivity index (χ1) is 9.81. The lowest BCUT2D eigenvalue weighted by Crippen LogP contribution is -2.26. The van der Waals surface area contributed by atoms with Crippen molar-refractivity contribution in [1.82, 2.24) is 0 Å². The molecule has 1 nitrogen and oxygen atoms in total. The fraction of sp³-hybridized carbons (Fsp3) is 0.333. The number of benzene rings is 2. The SMILES string of the molecule is CC(C)c1ccc(CC(C)(O)c2cccc(F)c2F)cc1. The normalized spacial score (nSPS) is 14.2. The van der Waals surface area contributed by atoms with Gasteiger partial charge in [-0.25, -0.2) is 8.78 Å². The van der Waals surface area contributed by atoms with Crippen LogP contribution in [-0.4, -0.2) is 5.11 Å². The van der Waals surface area contributed by atoms with E-state index in [9.17, 15) is 13.9 Å². The van der Waals surface area contributed by atoms with Crippen molar-refractivity contribution >= 4 is 0 Å². The third kappa shape index (κ3) is 3.48. The number of hydrogen-bond acceptors (Lipinski definition) is 1. The number of hydrogen-bond donors (Lipinski definition) is 1. The summed E-state index contributed by atoms with van der Waals surface area (Å²) in [5.41, 5.74) is 0.616. The van der Waals surface area contributed by atoms with Gasteiger partial charge in [0.05, 0.1) is 5.60 Å². The standard InChI is InChI=1S/C18H20F2O/c1-12(2)14-9-7-13(8-10-14)11-18(3,21)15-5-4-6-16(19)17(15)20/h4-10,12,21H,11H2,1-3H3. The smallest absolute Gasteiger partial charge is 0.164 e. The van der Waals surface area contributed by atoms with Crippen molar-refractivity contribution in [3.05, 3.63) is 70.8 Å². The molecule has 0 aliphatic carbocycles. The summed E-state index contributed by atoms with van der Waals surface area (Å²) in [6, 6.07) is 11.7. The van der Waals surface area contributed by atoms with E-state index in [1.807, 2.05) is 24.3 Å². The quantitative estimate of drug-likeness (QED) is 0.876. The van der Waals surface area contributed by atoms with Gasteiger partial charge in [-0.2, -0.15) is 0 Å². The molecule has 2 aromatic carbocycles. The molecular weight excluding hydrogens is 270 g/mol. The van der Waals surface area contributed by atoms with Crippen LogP contribution >= 0.6 is 0 Å². The van der Waals surface area contributed by atoms with Gasteiger partial charge >= 0.3 is 0 Å². The van der Waals surface area contributed by atoms with Crippen molar-refractivity contribution in [2.75, 3.05) is 0 Å². The highest BCUT2D eigenvalue weighted by atomic mass is 19.2. The second-order valence-electron chi connectivity index (χ2n) is 5.95. The lowest BCUT2D eigenvalue weighted by Gasteiger charge is -2.25. The van der Waals surface area contributed by atoms with Gasteiger partial charge in [-0.15, -0.1) is 0 Å². The van der Waals surface area contributed by atoms with Crippen LogP contribution in [0, 0.1) is 11.6 Å². The lowest BCUT2D eigenvalue weighted by atomic mass is 9.88. The van der Waals surface area contributed by atoms with Gasteiger partial charge in [0.25, 0.3) is 0 Å². The van der Waals surface area contributed by atoms with E-state index >= 15 is 0 Å². The van der Waals surface area contributed by atoms with Crippen molar-refractivity contribution in [1.29, 1.82) is 0 Å². The second-order valence-corrected chi connectivity index (χ2v) is 5.95. The summed E-state index contributed by atoms with van der Waals surface area (Å²) in [4.78, 5) is 0. The maximum Gasteiger partial charge on any atom is 0.164 e. The van der Waals surface area contributed by atoms with E-state index in [0.29, 0.717) is 5.92 Å².